The molecule has 28 heavy (non-hydrogen) atoms. The molecule has 0 unspecified atom stereocenters. The number of carboxylic acid groups (broad SMARTS) is 1. The lowest BCUT2D eigenvalue weighted by molar-refractivity contribution is -0.274. The molecule has 1 heterocycles. The predicted molar refractivity (Wildman–Crippen MR) is 94.7 cm³/mol. The van der Waals surface area contributed by atoms with Crippen LogP contribution in [-0.2, 0) is 6.42 Å². The van der Waals surface area contributed by atoms with E-state index in [0.29, 0.717) is 28.8 Å². The predicted octanol–water partition coefficient (Wildman–Crippen LogP) is 4.54. The topological polar surface area (TPSA) is 84.4 Å². The first-order valence-corrected chi connectivity index (χ1v) is 8.38. The number of aromatic carboxylic acids is 1. The van der Waals surface area contributed by atoms with Crippen molar-refractivity contribution in [1.29, 1.82) is 0 Å². The summed E-state index contributed by atoms with van der Waals surface area (Å²) in [6.07, 6.45) is -4.62. The largest absolute Gasteiger partial charge is 0.573 e. The van der Waals surface area contributed by atoms with Gasteiger partial charge in [0.1, 0.15) is 22.9 Å². The van der Waals surface area contributed by atoms with Gasteiger partial charge >= 0.3 is 12.3 Å². The van der Waals surface area contributed by atoms with E-state index in [-0.39, 0.29) is 23.2 Å². The summed E-state index contributed by atoms with van der Waals surface area (Å²) in [5.41, 5.74) is 1.80. The fourth-order valence-electron chi connectivity index (χ4n) is 2.70. The molecule has 0 amide bonds. The average molecular weight is 394 g/mol. The van der Waals surface area contributed by atoms with Crippen molar-refractivity contribution in [3.05, 3.63) is 53.3 Å². The SMILES string of the molecule is CC(C)Oc1cc2nc(Cc3ccc(OC(F)(F)F)cc3)[nH]c2cc1C(=O)O. The summed E-state index contributed by atoms with van der Waals surface area (Å²) in [7, 11) is 0. The smallest absolute Gasteiger partial charge is 0.490 e. The Kier molecular flexibility index (Phi) is 5.17. The number of hydrogen-bond donors (Lipinski definition) is 2. The molecule has 0 aliphatic heterocycles. The van der Waals surface area contributed by atoms with Crippen molar-refractivity contribution in [2.75, 3.05) is 0 Å². The molecule has 0 fully saturated rings. The summed E-state index contributed by atoms with van der Waals surface area (Å²) in [5, 5.41) is 9.38. The molecule has 0 radical (unpaired) electrons. The summed E-state index contributed by atoms with van der Waals surface area (Å²) in [6.45, 7) is 3.58. The van der Waals surface area contributed by atoms with E-state index in [9.17, 15) is 23.1 Å². The number of aromatic nitrogens is 2. The third-order valence-electron chi connectivity index (χ3n) is 3.75. The van der Waals surface area contributed by atoms with Crippen molar-refractivity contribution in [1.82, 2.24) is 9.97 Å². The highest BCUT2D eigenvalue weighted by atomic mass is 19.4. The van der Waals surface area contributed by atoms with Gasteiger partial charge in [-0.05, 0) is 37.6 Å². The van der Waals surface area contributed by atoms with Crippen LogP contribution >= 0.6 is 0 Å². The van der Waals surface area contributed by atoms with Gasteiger partial charge in [0, 0.05) is 12.5 Å². The zero-order chi connectivity index (χ0) is 20.5. The molecule has 6 nitrogen and oxygen atoms in total. The molecule has 0 spiro atoms. The molecule has 0 saturated carbocycles. The van der Waals surface area contributed by atoms with Crippen LogP contribution in [0.25, 0.3) is 11.0 Å². The monoisotopic (exact) mass is 394 g/mol. The summed E-state index contributed by atoms with van der Waals surface area (Å²) < 4.78 is 46.1. The molecule has 2 N–H and O–H groups in total. The number of nitrogens with zero attached hydrogens (tertiary/aromatic N) is 1. The highest BCUT2D eigenvalue weighted by Gasteiger charge is 2.30. The third kappa shape index (κ3) is 4.73. The number of halogens is 3. The van der Waals surface area contributed by atoms with Gasteiger partial charge in [0.2, 0.25) is 0 Å². The molecular weight excluding hydrogens is 377 g/mol. The Bertz CT molecular complexity index is 995. The number of rotatable bonds is 6. The molecular formula is C19H17F3N2O4. The second kappa shape index (κ2) is 7.41. The zero-order valence-corrected chi connectivity index (χ0v) is 15.0. The number of H-pyrrole nitrogens is 1. The van der Waals surface area contributed by atoms with Crippen molar-refractivity contribution in [2.45, 2.75) is 32.7 Å². The molecule has 0 bridgehead atoms. The van der Waals surface area contributed by atoms with Crippen LogP contribution in [0.3, 0.4) is 0 Å². The third-order valence-corrected chi connectivity index (χ3v) is 3.75. The van der Waals surface area contributed by atoms with Crippen LogP contribution in [0, 0.1) is 0 Å². The highest BCUT2D eigenvalue weighted by Crippen LogP contribution is 2.27. The van der Waals surface area contributed by atoms with Crippen LogP contribution in [0.5, 0.6) is 11.5 Å². The van der Waals surface area contributed by atoms with Crippen LogP contribution < -0.4 is 9.47 Å². The second-order valence-electron chi connectivity index (χ2n) is 6.39. The van der Waals surface area contributed by atoms with Crippen LogP contribution in [0.1, 0.15) is 35.6 Å². The molecule has 1 aromatic heterocycles. The van der Waals surface area contributed by atoms with Crippen LogP contribution in [0.2, 0.25) is 0 Å². The molecule has 0 aliphatic rings. The van der Waals surface area contributed by atoms with Crippen LogP contribution in [0.4, 0.5) is 13.2 Å². The lowest BCUT2D eigenvalue weighted by Crippen LogP contribution is -2.17. The number of fused-ring (bicyclic) bond motifs is 1. The molecule has 0 saturated heterocycles. The Morgan fingerprint density at radius 1 is 1.21 bits per heavy atom. The molecule has 3 aromatic rings. The summed E-state index contributed by atoms with van der Waals surface area (Å²) in [4.78, 5) is 18.9. The van der Waals surface area contributed by atoms with Gasteiger partial charge in [0.25, 0.3) is 0 Å². The van der Waals surface area contributed by atoms with E-state index in [1.165, 1.54) is 30.3 Å². The van der Waals surface area contributed by atoms with Gasteiger partial charge in [-0.3, -0.25) is 0 Å². The number of carboxylic acids is 1. The fraction of sp³-hybridized carbons (Fsp3) is 0.263. The minimum Gasteiger partial charge on any atom is -0.490 e. The fourth-order valence-corrected chi connectivity index (χ4v) is 2.70. The van der Waals surface area contributed by atoms with Gasteiger partial charge in [-0.25, -0.2) is 9.78 Å². The quantitative estimate of drug-likeness (QED) is 0.641. The van der Waals surface area contributed by atoms with Crippen molar-refractivity contribution < 1.29 is 32.5 Å². The van der Waals surface area contributed by atoms with Crippen LogP contribution in [-0.4, -0.2) is 33.5 Å². The Morgan fingerprint density at radius 3 is 2.46 bits per heavy atom. The van der Waals surface area contributed by atoms with E-state index in [1.807, 2.05) is 0 Å². The average Bonchev–Trinajstić information content (AvgIpc) is 2.95. The van der Waals surface area contributed by atoms with Crippen LogP contribution in [0.15, 0.2) is 36.4 Å². The van der Waals surface area contributed by atoms with E-state index >= 15 is 0 Å². The Balaban J connectivity index is 1.85. The number of imidazole rings is 1. The van der Waals surface area contributed by atoms with E-state index < -0.39 is 12.3 Å². The molecule has 0 aliphatic carbocycles. The Morgan fingerprint density at radius 2 is 1.89 bits per heavy atom. The summed E-state index contributed by atoms with van der Waals surface area (Å²) >= 11 is 0. The first-order valence-electron chi connectivity index (χ1n) is 8.38. The van der Waals surface area contributed by atoms with E-state index in [1.54, 1.807) is 19.9 Å². The standard InChI is InChI=1S/C19H17F3N2O4/c1-10(2)27-16-9-15-14(8-13(16)18(25)26)23-17(24-15)7-11-3-5-12(6-4-11)28-19(20,21)22/h3-6,8-10H,7H2,1-2H3,(H,23,24)(H,25,26). The van der Waals surface area contributed by atoms with Gasteiger partial charge in [-0.1, -0.05) is 12.1 Å². The molecule has 9 heteroatoms. The highest BCUT2D eigenvalue weighted by molar-refractivity contribution is 5.96. The van der Waals surface area contributed by atoms with Crippen molar-refractivity contribution in [3.8, 4) is 11.5 Å². The molecule has 0 atom stereocenters. The minimum absolute atomic E-state index is 0.0186. The molecule has 3 rings (SSSR count). The number of aromatic amines is 1. The summed E-state index contributed by atoms with van der Waals surface area (Å²) in [5.74, 6) is -0.657. The number of ether oxygens (including phenoxy) is 2. The van der Waals surface area contributed by atoms with E-state index in [4.69, 9.17) is 4.74 Å². The van der Waals surface area contributed by atoms with Gasteiger partial charge in [0.05, 0.1) is 17.1 Å². The molecule has 148 valence electrons. The number of nitrogens with one attached hydrogen (secondary N) is 1. The Labute approximate surface area is 157 Å². The van der Waals surface area contributed by atoms with Crippen molar-refractivity contribution in [3.63, 3.8) is 0 Å². The van der Waals surface area contributed by atoms with Gasteiger partial charge in [-0.2, -0.15) is 0 Å². The minimum atomic E-state index is -4.74. The maximum absolute atomic E-state index is 12.2. The van der Waals surface area contributed by atoms with E-state index in [2.05, 4.69) is 14.7 Å². The van der Waals surface area contributed by atoms with E-state index in [0.717, 1.165) is 0 Å². The van der Waals surface area contributed by atoms with Gasteiger partial charge in [-0.15, -0.1) is 13.2 Å². The maximum atomic E-state index is 12.2. The Hall–Kier alpha value is -3.23. The number of hydrogen-bond acceptors (Lipinski definition) is 4. The first-order chi connectivity index (χ1) is 13.1. The summed E-state index contributed by atoms with van der Waals surface area (Å²) in [6, 6.07) is 8.46. The molecule has 2 aromatic carbocycles. The second-order valence-corrected chi connectivity index (χ2v) is 6.39. The maximum Gasteiger partial charge on any atom is 0.573 e. The lowest BCUT2D eigenvalue weighted by atomic mass is 10.1. The van der Waals surface area contributed by atoms with Crippen molar-refractivity contribution >= 4 is 17.0 Å². The van der Waals surface area contributed by atoms with Gasteiger partial charge < -0.3 is 19.6 Å². The number of carbonyl (C=O) groups is 1. The lowest BCUT2D eigenvalue weighted by Gasteiger charge is -2.11. The number of alkyl halides is 3. The zero-order valence-electron chi connectivity index (χ0n) is 15.0. The van der Waals surface area contributed by atoms with Gasteiger partial charge in [0.15, 0.2) is 0 Å². The number of benzene rings is 2. The van der Waals surface area contributed by atoms with Crippen molar-refractivity contribution in [2.24, 2.45) is 0 Å². The first kappa shape index (κ1) is 19.5. The normalized spacial score (nSPS) is 11.8.